The van der Waals surface area contributed by atoms with Crippen LogP contribution in [-0.2, 0) is 16.1 Å². The molecule has 1 atom stereocenters. The lowest BCUT2D eigenvalue weighted by Crippen LogP contribution is -2.61. The highest BCUT2D eigenvalue weighted by Crippen LogP contribution is 2.34. The second-order valence-corrected chi connectivity index (χ2v) is 5.54. The molecule has 1 unspecified atom stereocenters. The molecule has 1 fully saturated rings. The smallest absolute Gasteiger partial charge is 0.256 e. The molecule has 1 aromatic carbocycles. The lowest BCUT2D eigenvalue weighted by atomic mass is 9.89. The molecule has 0 radical (unpaired) electrons. The predicted molar refractivity (Wildman–Crippen MR) is 72.5 cm³/mol. The Morgan fingerprint density at radius 2 is 2.05 bits per heavy atom. The number of aldehydes is 1. The van der Waals surface area contributed by atoms with E-state index in [4.69, 9.17) is 0 Å². The highest BCUT2D eigenvalue weighted by molar-refractivity contribution is 6.09. The number of imide groups is 1. The Bertz CT molecular complexity index is 682. The third-order valence-electron chi connectivity index (χ3n) is 4.27. The van der Waals surface area contributed by atoms with E-state index in [-0.39, 0.29) is 31.2 Å². The maximum atomic E-state index is 12.6. The van der Waals surface area contributed by atoms with Crippen LogP contribution in [0.3, 0.4) is 0 Å². The van der Waals surface area contributed by atoms with E-state index in [0.29, 0.717) is 17.4 Å². The van der Waals surface area contributed by atoms with Crippen molar-refractivity contribution in [1.29, 1.82) is 0 Å². The van der Waals surface area contributed by atoms with Crippen LogP contribution in [0.2, 0.25) is 0 Å². The Morgan fingerprint density at radius 1 is 1.29 bits per heavy atom. The van der Waals surface area contributed by atoms with Crippen molar-refractivity contribution in [3.05, 3.63) is 34.9 Å². The Labute approximate surface area is 121 Å². The number of carbonyl (C=O) groups excluding carboxylic acids is 4. The standard InChI is InChI=1S/C15H14N2O4/c1-15(6-5-11(19)16-14(15)21)17-7-9-3-2-4-10(8-18)12(9)13(17)20/h2-4,8H,5-7H2,1H3,(H,16,19,21). The number of carbonyl (C=O) groups is 4. The second kappa shape index (κ2) is 4.51. The third-order valence-corrected chi connectivity index (χ3v) is 4.27. The maximum absolute atomic E-state index is 12.6. The van der Waals surface area contributed by atoms with Gasteiger partial charge in [0.2, 0.25) is 5.91 Å². The Balaban J connectivity index is 2.00. The summed E-state index contributed by atoms with van der Waals surface area (Å²) >= 11 is 0. The van der Waals surface area contributed by atoms with E-state index in [1.54, 1.807) is 25.1 Å². The number of nitrogens with one attached hydrogen (secondary N) is 1. The van der Waals surface area contributed by atoms with Crippen LogP contribution in [0.5, 0.6) is 0 Å². The maximum Gasteiger partial charge on any atom is 0.256 e. The minimum Gasteiger partial charge on any atom is -0.320 e. The van der Waals surface area contributed by atoms with E-state index >= 15 is 0 Å². The van der Waals surface area contributed by atoms with E-state index in [9.17, 15) is 19.2 Å². The van der Waals surface area contributed by atoms with E-state index in [0.717, 1.165) is 5.56 Å². The average molecular weight is 286 g/mol. The fourth-order valence-electron chi connectivity index (χ4n) is 2.94. The topological polar surface area (TPSA) is 83.6 Å². The molecule has 21 heavy (non-hydrogen) atoms. The zero-order valence-corrected chi connectivity index (χ0v) is 11.5. The Kier molecular flexibility index (Phi) is 2.90. The summed E-state index contributed by atoms with van der Waals surface area (Å²) in [5, 5.41) is 2.28. The molecule has 0 saturated carbocycles. The summed E-state index contributed by atoms with van der Waals surface area (Å²) < 4.78 is 0. The molecule has 6 heteroatoms. The average Bonchev–Trinajstić information content (AvgIpc) is 2.81. The first-order valence-corrected chi connectivity index (χ1v) is 6.70. The van der Waals surface area contributed by atoms with Gasteiger partial charge >= 0.3 is 0 Å². The number of hydrogen-bond acceptors (Lipinski definition) is 4. The lowest BCUT2D eigenvalue weighted by Gasteiger charge is -2.39. The summed E-state index contributed by atoms with van der Waals surface area (Å²) in [5.41, 5.74) is 0.356. The van der Waals surface area contributed by atoms with Crippen LogP contribution in [0.15, 0.2) is 18.2 Å². The second-order valence-electron chi connectivity index (χ2n) is 5.54. The van der Waals surface area contributed by atoms with E-state index in [1.807, 2.05) is 0 Å². The van der Waals surface area contributed by atoms with Gasteiger partial charge in [-0.05, 0) is 18.9 Å². The lowest BCUT2D eigenvalue weighted by molar-refractivity contribution is -0.142. The fourth-order valence-corrected chi connectivity index (χ4v) is 2.94. The summed E-state index contributed by atoms with van der Waals surface area (Å²) in [6.07, 6.45) is 1.13. The van der Waals surface area contributed by atoms with E-state index in [2.05, 4.69) is 5.32 Å². The normalized spacial score (nSPS) is 24.8. The molecular formula is C15H14N2O4. The van der Waals surface area contributed by atoms with Gasteiger partial charge in [0.25, 0.3) is 11.8 Å². The van der Waals surface area contributed by atoms with Gasteiger partial charge in [0.05, 0.1) is 5.56 Å². The van der Waals surface area contributed by atoms with Crippen molar-refractivity contribution >= 4 is 24.0 Å². The first-order chi connectivity index (χ1) is 9.97. The van der Waals surface area contributed by atoms with Crippen LogP contribution in [0, 0.1) is 0 Å². The van der Waals surface area contributed by atoms with Crippen molar-refractivity contribution < 1.29 is 19.2 Å². The monoisotopic (exact) mass is 286 g/mol. The van der Waals surface area contributed by atoms with Gasteiger partial charge in [-0.2, -0.15) is 0 Å². The third kappa shape index (κ3) is 1.86. The van der Waals surface area contributed by atoms with Gasteiger partial charge in [0.1, 0.15) is 5.54 Å². The van der Waals surface area contributed by atoms with Crippen molar-refractivity contribution in [2.45, 2.75) is 31.8 Å². The minimum absolute atomic E-state index is 0.197. The zero-order valence-electron chi connectivity index (χ0n) is 11.5. The van der Waals surface area contributed by atoms with Gasteiger partial charge in [-0.3, -0.25) is 24.5 Å². The molecule has 0 aliphatic carbocycles. The molecule has 1 N–H and O–H groups in total. The SMILES string of the molecule is CC1(N2Cc3cccc(C=O)c3C2=O)CCC(=O)NC1=O. The molecule has 2 heterocycles. The number of rotatable bonds is 2. The van der Waals surface area contributed by atoms with Crippen molar-refractivity contribution in [3.63, 3.8) is 0 Å². The minimum atomic E-state index is -1.07. The first kappa shape index (κ1) is 13.5. The highest BCUT2D eigenvalue weighted by Gasteiger charge is 2.48. The molecule has 108 valence electrons. The van der Waals surface area contributed by atoms with Gasteiger partial charge < -0.3 is 4.90 Å². The number of amides is 3. The Hall–Kier alpha value is -2.50. The molecule has 2 aliphatic heterocycles. The van der Waals surface area contributed by atoms with Crippen LogP contribution < -0.4 is 5.32 Å². The first-order valence-electron chi connectivity index (χ1n) is 6.70. The zero-order chi connectivity index (χ0) is 15.2. The van der Waals surface area contributed by atoms with Crippen molar-refractivity contribution in [3.8, 4) is 0 Å². The van der Waals surface area contributed by atoms with Crippen LogP contribution >= 0.6 is 0 Å². The van der Waals surface area contributed by atoms with Crippen molar-refractivity contribution in [2.75, 3.05) is 0 Å². The summed E-state index contributed by atoms with van der Waals surface area (Å²) in [7, 11) is 0. The molecule has 0 bridgehead atoms. The van der Waals surface area contributed by atoms with Gasteiger partial charge in [0.15, 0.2) is 6.29 Å². The van der Waals surface area contributed by atoms with Gasteiger partial charge in [-0.25, -0.2) is 0 Å². The van der Waals surface area contributed by atoms with E-state index in [1.165, 1.54) is 4.90 Å². The molecule has 6 nitrogen and oxygen atoms in total. The molecule has 0 aromatic heterocycles. The molecule has 3 rings (SSSR count). The van der Waals surface area contributed by atoms with Gasteiger partial charge in [-0.15, -0.1) is 0 Å². The van der Waals surface area contributed by atoms with Crippen molar-refractivity contribution in [2.24, 2.45) is 0 Å². The number of piperidine rings is 1. The largest absolute Gasteiger partial charge is 0.320 e. The number of hydrogen-bond donors (Lipinski definition) is 1. The van der Waals surface area contributed by atoms with Crippen LogP contribution in [0.1, 0.15) is 46.0 Å². The van der Waals surface area contributed by atoms with Crippen LogP contribution in [0.4, 0.5) is 0 Å². The summed E-state index contributed by atoms with van der Waals surface area (Å²) in [6.45, 7) is 1.92. The highest BCUT2D eigenvalue weighted by atomic mass is 16.2. The van der Waals surface area contributed by atoms with Gasteiger partial charge in [-0.1, -0.05) is 18.2 Å². The summed E-state index contributed by atoms with van der Waals surface area (Å²) in [6, 6.07) is 5.07. The van der Waals surface area contributed by atoms with Crippen LogP contribution in [0.25, 0.3) is 0 Å². The van der Waals surface area contributed by atoms with E-state index < -0.39 is 11.4 Å². The number of fused-ring (bicyclic) bond motifs is 1. The molecule has 1 saturated heterocycles. The quantitative estimate of drug-likeness (QED) is 0.639. The summed E-state index contributed by atoms with van der Waals surface area (Å²) in [4.78, 5) is 48.6. The van der Waals surface area contributed by atoms with Crippen LogP contribution in [-0.4, -0.2) is 34.4 Å². The molecule has 3 amide bonds. The molecule has 0 spiro atoms. The Morgan fingerprint density at radius 3 is 2.71 bits per heavy atom. The number of benzene rings is 1. The molecular weight excluding hydrogens is 272 g/mol. The molecule has 2 aliphatic rings. The number of nitrogens with zero attached hydrogens (tertiary/aromatic N) is 1. The van der Waals surface area contributed by atoms with Crippen molar-refractivity contribution in [1.82, 2.24) is 10.2 Å². The fraction of sp³-hybridized carbons (Fsp3) is 0.333. The predicted octanol–water partition coefficient (Wildman–Crippen LogP) is 0.650. The van der Waals surface area contributed by atoms with Gasteiger partial charge in [0, 0.05) is 18.5 Å². The molecule has 1 aromatic rings. The summed E-state index contributed by atoms with van der Waals surface area (Å²) in [5.74, 6) is -1.12.